The molecule has 0 saturated heterocycles. The molecule has 40 heavy (non-hydrogen) atoms. The zero-order valence-electron chi connectivity index (χ0n) is 21.0. The van der Waals surface area contributed by atoms with Crippen LogP contribution in [0.1, 0.15) is 20.7 Å². The van der Waals surface area contributed by atoms with Crippen molar-refractivity contribution in [2.75, 3.05) is 4.90 Å². The predicted octanol–water partition coefficient (Wildman–Crippen LogP) is 6.57. The summed E-state index contributed by atoms with van der Waals surface area (Å²) in [4.78, 5) is 47.9. The normalized spacial score (nSPS) is 13.2. The van der Waals surface area contributed by atoms with Gasteiger partial charge in [0.05, 0.1) is 17.1 Å². The number of carbonyl (C=O) groups excluding carboxylic acids is 2. The van der Waals surface area contributed by atoms with Crippen LogP contribution in [0.2, 0.25) is 0 Å². The number of imidazole rings is 1. The highest BCUT2D eigenvalue weighted by molar-refractivity contribution is 6.38. The molecule has 7 aromatic rings. The Morgan fingerprint density at radius 1 is 0.525 bits per heavy atom. The summed E-state index contributed by atoms with van der Waals surface area (Å²) >= 11 is 0. The van der Waals surface area contributed by atoms with Crippen LogP contribution < -0.4 is 10.5 Å². The number of rotatable bonds is 3. The Morgan fingerprint density at radius 3 is 1.70 bits per heavy atom. The molecule has 0 unspecified atom stereocenters. The standard InChI is InChI=1S/C34H19N3O3/c38-32-25-17-16-23-27-24(18-19-26(28(25)27)33(39)36(32)22-14-8-3-9-15-22)34(40)37-30(21-12-6-2-7-13-21)29(35-31(23)37)20-10-4-1-5-11-20/h1-19H. The minimum absolute atomic E-state index is 0.245. The first kappa shape index (κ1) is 22.4. The Labute approximate surface area is 227 Å². The number of hydrogen-bond acceptors (Lipinski definition) is 4. The number of hydrogen-bond donors (Lipinski definition) is 0. The molecule has 5 aromatic carbocycles. The van der Waals surface area contributed by atoms with Gasteiger partial charge in [0.25, 0.3) is 17.4 Å². The number of para-hydroxylation sites is 1. The molecule has 0 spiro atoms. The molecule has 0 aliphatic carbocycles. The lowest BCUT2D eigenvalue weighted by Crippen LogP contribution is -2.40. The van der Waals surface area contributed by atoms with Crippen molar-refractivity contribution in [1.29, 1.82) is 0 Å². The molecule has 0 saturated carbocycles. The van der Waals surface area contributed by atoms with E-state index in [9.17, 15) is 14.4 Å². The van der Waals surface area contributed by atoms with Gasteiger partial charge in [0.1, 0.15) is 5.65 Å². The zero-order chi connectivity index (χ0) is 27.0. The van der Waals surface area contributed by atoms with Gasteiger partial charge in [0.2, 0.25) is 0 Å². The van der Waals surface area contributed by atoms with E-state index in [1.54, 1.807) is 46.9 Å². The van der Waals surface area contributed by atoms with Crippen molar-refractivity contribution in [1.82, 2.24) is 9.38 Å². The van der Waals surface area contributed by atoms with Crippen LogP contribution in [0.15, 0.2) is 120 Å². The Morgan fingerprint density at radius 2 is 1.07 bits per heavy atom. The van der Waals surface area contributed by atoms with Crippen molar-refractivity contribution in [3.05, 3.63) is 137 Å². The molecule has 0 atom stereocenters. The second-order valence-electron chi connectivity index (χ2n) is 9.86. The van der Waals surface area contributed by atoms with E-state index in [2.05, 4.69) is 0 Å². The van der Waals surface area contributed by atoms with Gasteiger partial charge < -0.3 is 0 Å². The number of pyridine rings is 1. The van der Waals surface area contributed by atoms with Gasteiger partial charge in [-0.2, -0.15) is 0 Å². The highest BCUT2D eigenvalue weighted by atomic mass is 16.2. The number of nitrogens with zero attached hydrogens (tertiary/aromatic N) is 3. The van der Waals surface area contributed by atoms with Crippen LogP contribution in [0.4, 0.5) is 5.69 Å². The quantitative estimate of drug-likeness (QED) is 0.249. The summed E-state index contributed by atoms with van der Waals surface area (Å²) < 4.78 is 1.67. The number of aromatic nitrogens is 2. The molecule has 188 valence electrons. The van der Waals surface area contributed by atoms with Gasteiger partial charge in [-0.05, 0) is 36.4 Å². The summed E-state index contributed by atoms with van der Waals surface area (Å²) in [7, 11) is 0. The summed E-state index contributed by atoms with van der Waals surface area (Å²) in [6.45, 7) is 0. The van der Waals surface area contributed by atoms with Gasteiger partial charge in [-0.3, -0.25) is 18.8 Å². The van der Waals surface area contributed by atoms with Gasteiger partial charge in [-0.1, -0.05) is 78.9 Å². The molecule has 6 nitrogen and oxygen atoms in total. The largest absolute Gasteiger partial charge is 0.268 e. The lowest BCUT2D eigenvalue weighted by molar-refractivity contribution is 0.0893. The van der Waals surface area contributed by atoms with Gasteiger partial charge in [-0.15, -0.1) is 0 Å². The third kappa shape index (κ3) is 2.93. The van der Waals surface area contributed by atoms with E-state index < -0.39 is 11.8 Å². The fraction of sp³-hybridized carbons (Fsp3) is 0. The maximum Gasteiger partial charge on any atom is 0.265 e. The van der Waals surface area contributed by atoms with Crippen LogP contribution in [-0.2, 0) is 0 Å². The number of amides is 2. The van der Waals surface area contributed by atoms with Crippen molar-refractivity contribution in [2.24, 2.45) is 0 Å². The first-order valence-electron chi connectivity index (χ1n) is 13.0. The number of carbonyl (C=O) groups is 2. The number of imide groups is 1. The Kier molecular flexibility index (Phi) is 4.58. The van der Waals surface area contributed by atoms with Crippen LogP contribution in [0.5, 0.6) is 0 Å². The minimum atomic E-state index is -0.413. The zero-order valence-corrected chi connectivity index (χ0v) is 21.0. The van der Waals surface area contributed by atoms with Gasteiger partial charge in [0.15, 0.2) is 0 Å². The van der Waals surface area contributed by atoms with Gasteiger partial charge in [-0.25, -0.2) is 9.88 Å². The highest BCUT2D eigenvalue weighted by Crippen LogP contribution is 2.40. The van der Waals surface area contributed by atoms with Gasteiger partial charge >= 0.3 is 0 Å². The minimum Gasteiger partial charge on any atom is -0.268 e. The Balaban J connectivity index is 1.49. The fourth-order valence-electron chi connectivity index (χ4n) is 5.94. The second kappa shape index (κ2) is 8.19. The second-order valence-corrected chi connectivity index (χ2v) is 9.86. The molecule has 0 N–H and O–H groups in total. The molecule has 2 amide bonds. The molecule has 1 aliphatic rings. The van der Waals surface area contributed by atoms with Crippen molar-refractivity contribution < 1.29 is 9.59 Å². The third-order valence-corrected chi connectivity index (χ3v) is 7.69. The summed E-state index contributed by atoms with van der Waals surface area (Å²) in [5.41, 5.74) is 4.67. The molecule has 1 aliphatic heterocycles. The van der Waals surface area contributed by atoms with E-state index in [0.717, 1.165) is 11.1 Å². The van der Waals surface area contributed by atoms with Crippen molar-refractivity contribution >= 4 is 44.7 Å². The molecule has 2 aromatic heterocycles. The average molecular weight is 518 g/mol. The van der Waals surface area contributed by atoms with Crippen LogP contribution in [0.3, 0.4) is 0 Å². The summed E-state index contributed by atoms with van der Waals surface area (Å²) in [6, 6.07) is 35.4. The molecule has 0 bridgehead atoms. The van der Waals surface area contributed by atoms with Crippen LogP contribution in [0, 0.1) is 0 Å². The predicted molar refractivity (Wildman–Crippen MR) is 156 cm³/mol. The van der Waals surface area contributed by atoms with E-state index in [4.69, 9.17) is 4.98 Å². The highest BCUT2D eigenvalue weighted by Gasteiger charge is 2.35. The molecule has 8 rings (SSSR count). The fourth-order valence-corrected chi connectivity index (χ4v) is 5.94. The molecular weight excluding hydrogens is 498 g/mol. The van der Waals surface area contributed by atoms with E-state index in [-0.39, 0.29) is 5.56 Å². The third-order valence-electron chi connectivity index (χ3n) is 7.69. The number of anilines is 1. The average Bonchev–Trinajstić information content (AvgIpc) is 3.41. The monoisotopic (exact) mass is 517 g/mol. The van der Waals surface area contributed by atoms with Crippen molar-refractivity contribution in [3.8, 4) is 22.5 Å². The Bertz CT molecular complexity index is 2180. The van der Waals surface area contributed by atoms with Crippen LogP contribution in [0.25, 0.3) is 49.7 Å². The van der Waals surface area contributed by atoms with E-state index in [0.29, 0.717) is 55.4 Å². The van der Waals surface area contributed by atoms with E-state index in [1.165, 1.54) is 4.90 Å². The first-order valence-corrected chi connectivity index (χ1v) is 13.0. The van der Waals surface area contributed by atoms with Crippen molar-refractivity contribution in [2.45, 2.75) is 0 Å². The Hall–Kier alpha value is -5.62. The molecule has 0 fully saturated rings. The van der Waals surface area contributed by atoms with Crippen molar-refractivity contribution in [3.63, 3.8) is 0 Å². The maximum absolute atomic E-state index is 14.3. The summed E-state index contributed by atoms with van der Waals surface area (Å²) in [6.07, 6.45) is 0. The molecule has 6 heteroatoms. The molecule has 0 radical (unpaired) electrons. The molecule has 3 heterocycles. The topological polar surface area (TPSA) is 71.7 Å². The molecular formula is C34H19N3O3. The van der Waals surface area contributed by atoms with Crippen LogP contribution in [-0.4, -0.2) is 21.2 Å². The summed E-state index contributed by atoms with van der Waals surface area (Å²) in [5, 5.41) is 2.24. The lowest BCUT2D eigenvalue weighted by atomic mass is 9.90. The first-order chi connectivity index (χ1) is 19.6. The van der Waals surface area contributed by atoms with Crippen LogP contribution >= 0.6 is 0 Å². The van der Waals surface area contributed by atoms with Gasteiger partial charge in [0, 0.05) is 43.8 Å². The maximum atomic E-state index is 14.3. The number of benzene rings is 5. The van der Waals surface area contributed by atoms with E-state index >= 15 is 0 Å². The lowest BCUT2D eigenvalue weighted by Gasteiger charge is -2.27. The van der Waals surface area contributed by atoms with E-state index in [1.807, 2.05) is 72.8 Å². The summed E-state index contributed by atoms with van der Waals surface area (Å²) in [5.74, 6) is -0.826. The number of fused-ring (bicyclic) bond motifs is 2. The smallest absolute Gasteiger partial charge is 0.265 e. The SMILES string of the molecule is O=C1c2ccc3c(=O)n4c(-c5ccccc5)c(-c5ccccc5)nc4c4ccc(c2c34)C(=O)N1c1ccccc1.